The largest absolute Gasteiger partial charge is 0.392 e. The number of hydrogen-bond acceptors (Lipinski definition) is 6. The molecule has 0 aliphatic heterocycles. The molecule has 1 amide bonds. The number of amides is 1. The Morgan fingerprint density at radius 3 is 3.00 bits per heavy atom. The van der Waals surface area contributed by atoms with Crippen LogP contribution >= 0.6 is 11.3 Å². The molecule has 7 heteroatoms. The number of aromatic nitrogens is 2. The van der Waals surface area contributed by atoms with Gasteiger partial charge in [-0.15, -0.1) is 17.9 Å². The van der Waals surface area contributed by atoms with E-state index in [-0.39, 0.29) is 35.0 Å². The molecule has 6 nitrogen and oxygen atoms in total. The van der Waals surface area contributed by atoms with Crippen molar-refractivity contribution in [2.24, 2.45) is 23.2 Å². The van der Waals surface area contributed by atoms with Crippen molar-refractivity contribution < 1.29 is 9.90 Å². The van der Waals surface area contributed by atoms with E-state index < -0.39 is 6.10 Å². The number of fused-ring (bicyclic) bond motifs is 2. The molecular formula is C25H34N4O2S. The van der Waals surface area contributed by atoms with Gasteiger partial charge >= 0.3 is 0 Å². The second-order valence-electron chi connectivity index (χ2n) is 9.83. The molecule has 0 radical (unpaired) electrons. The van der Waals surface area contributed by atoms with Crippen LogP contribution in [0.15, 0.2) is 37.2 Å². The van der Waals surface area contributed by atoms with Crippen molar-refractivity contribution in [1.82, 2.24) is 14.9 Å². The van der Waals surface area contributed by atoms with Crippen molar-refractivity contribution in [2.75, 3.05) is 18.9 Å². The van der Waals surface area contributed by atoms with Crippen LogP contribution in [0.5, 0.6) is 0 Å². The molecule has 4 rings (SSSR count). The van der Waals surface area contributed by atoms with Gasteiger partial charge < -0.3 is 15.3 Å². The minimum atomic E-state index is -0.524. The maximum Gasteiger partial charge on any atom is 0.225 e. The minimum absolute atomic E-state index is 0.0101. The second-order valence-corrected chi connectivity index (χ2v) is 10.9. The summed E-state index contributed by atoms with van der Waals surface area (Å²) in [4.78, 5) is 25.0. The third-order valence-electron chi connectivity index (χ3n) is 7.65. The summed E-state index contributed by atoms with van der Waals surface area (Å²) in [7, 11) is 1.81. The summed E-state index contributed by atoms with van der Waals surface area (Å²) < 4.78 is 0. The fraction of sp³-hybridized carbons (Fsp3) is 0.560. The molecule has 32 heavy (non-hydrogen) atoms. The number of carbonyl (C=O) groups excluding carboxylic acids is 1. The van der Waals surface area contributed by atoms with Crippen molar-refractivity contribution >= 4 is 28.1 Å². The fourth-order valence-corrected chi connectivity index (χ4v) is 7.26. The number of anilines is 2. The van der Waals surface area contributed by atoms with Crippen LogP contribution in [0.1, 0.15) is 50.1 Å². The summed E-state index contributed by atoms with van der Waals surface area (Å²) >= 11 is 1.71. The highest BCUT2D eigenvalue weighted by atomic mass is 32.1. The van der Waals surface area contributed by atoms with Crippen LogP contribution in [0, 0.1) is 23.2 Å². The summed E-state index contributed by atoms with van der Waals surface area (Å²) in [5.41, 5.74) is 2.02. The molecule has 2 aliphatic carbocycles. The first kappa shape index (κ1) is 22.9. The van der Waals surface area contributed by atoms with Crippen molar-refractivity contribution in [2.45, 2.75) is 52.1 Å². The molecule has 0 aromatic carbocycles. The van der Waals surface area contributed by atoms with E-state index in [2.05, 4.69) is 30.7 Å². The van der Waals surface area contributed by atoms with Crippen molar-refractivity contribution in [3.8, 4) is 0 Å². The number of nitrogens with one attached hydrogen (secondary N) is 1. The number of nitrogens with zero attached hydrogens (tertiary/aromatic N) is 3. The van der Waals surface area contributed by atoms with E-state index in [4.69, 9.17) is 4.98 Å². The monoisotopic (exact) mass is 454 g/mol. The zero-order chi connectivity index (χ0) is 23.0. The van der Waals surface area contributed by atoms with Gasteiger partial charge in [-0.2, -0.15) is 0 Å². The molecule has 2 aromatic rings. The number of pyridine rings is 1. The van der Waals surface area contributed by atoms with E-state index in [1.54, 1.807) is 41.8 Å². The Labute approximate surface area is 194 Å². The average molecular weight is 455 g/mol. The van der Waals surface area contributed by atoms with Crippen LogP contribution in [0.3, 0.4) is 0 Å². The fourth-order valence-electron chi connectivity index (χ4n) is 5.97. The number of aliphatic hydroxyl groups is 1. The van der Waals surface area contributed by atoms with E-state index in [9.17, 15) is 9.90 Å². The molecule has 1 saturated carbocycles. The number of aliphatic hydroxyl groups excluding tert-OH is 1. The van der Waals surface area contributed by atoms with Crippen LogP contribution in [0.2, 0.25) is 0 Å². The highest BCUT2D eigenvalue weighted by Gasteiger charge is 2.54. The average Bonchev–Trinajstić information content (AvgIpc) is 3.15. The van der Waals surface area contributed by atoms with E-state index >= 15 is 0 Å². The molecule has 2 aliphatic rings. The van der Waals surface area contributed by atoms with E-state index in [1.165, 1.54) is 4.88 Å². The summed E-state index contributed by atoms with van der Waals surface area (Å²) in [5.74, 6) is 0.0469. The van der Waals surface area contributed by atoms with Crippen molar-refractivity contribution in [3.63, 3.8) is 0 Å². The Kier molecular flexibility index (Phi) is 6.41. The highest BCUT2D eigenvalue weighted by molar-refractivity contribution is 7.15. The van der Waals surface area contributed by atoms with Crippen LogP contribution in [-0.2, 0) is 11.2 Å². The molecule has 2 heterocycles. The van der Waals surface area contributed by atoms with Crippen LogP contribution in [-0.4, -0.2) is 45.6 Å². The van der Waals surface area contributed by atoms with Crippen LogP contribution in [0.4, 0.5) is 10.8 Å². The van der Waals surface area contributed by atoms with Gasteiger partial charge in [0.2, 0.25) is 5.91 Å². The van der Waals surface area contributed by atoms with Crippen LogP contribution < -0.4 is 5.32 Å². The molecular weight excluding hydrogens is 420 g/mol. The molecule has 0 saturated heterocycles. The lowest BCUT2D eigenvalue weighted by Crippen LogP contribution is -2.53. The third kappa shape index (κ3) is 4.08. The molecule has 0 spiro atoms. The highest BCUT2D eigenvalue weighted by Crippen LogP contribution is 2.57. The summed E-state index contributed by atoms with van der Waals surface area (Å²) in [6.45, 7) is 10.7. The first-order valence-corrected chi connectivity index (χ1v) is 12.3. The Balaban J connectivity index is 1.57. The van der Waals surface area contributed by atoms with Gasteiger partial charge in [0.05, 0.1) is 23.7 Å². The molecule has 2 aromatic heterocycles. The lowest BCUT2D eigenvalue weighted by atomic mass is 9.53. The molecule has 6 atom stereocenters. The van der Waals surface area contributed by atoms with E-state index in [0.717, 1.165) is 35.8 Å². The predicted molar refractivity (Wildman–Crippen MR) is 129 cm³/mol. The van der Waals surface area contributed by atoms with Gasteiger partial charge in [0.25, 0.3) is 0 Å². The number of thiazole rings is 1. The maximum atomic E-state index is 12.9. The molecule has 2 N–H and O–H groups in total. The molecule has 1 fully saturated rings. The first-order chi connectivity index (χ1) is 15.2. The van der Waals surface area contributed by atoms with Gasteiger partial charge in [0, 0.05) is 36.5 Å². The summed E-state index contributed by atoms with van der Waals surface area (Å²) in [6.07, 6.45) is 7.56. The van der Waals surface area contributed by atoms with Gasteiger partial charge in [0.1, 0.15) is 0 Å². The Morgan fingerprint density at radius 1 is 1.53 bits per heavy atom. The van der Waals surface area contributed by atoms with E-state index in [1.807, 2.05) is 19.1 Å². The van der Waals surface area contributed by atoms with E-state index in [0.29, 0.717) is 6.54 Å². The smallest absolute Gasteiger partial charge is 0.225 e. The number of hydrogen-bond donors (Lipinski definition) is 2. The van der Waals surface area contributed by atoms with Crippen molar-refractivity contribution in [1.29, 1.82) is 0 Å². The topological polar surface area (TPSA) is 78.4 Å². The van der Waals surface area contributed by atoms with Gasteiger partial charge in [0.15, 0.2) is 5.13 Å². The molecule has 0 unspecified atom stereocenters. The second kappa shape index (κ2) is 8.94. The lowest BCUT2D eigenvalue weighted by Gasteiger charge is -2.53. The Hall–Kier alpha value is -2.25. The lowest BCUT2D eigenvalue weighted by molar-refractivity contribution is -0.143. The minimum Gasteiger partial charge on any atom is -0.392 e. The molecule has 0 bridgehead atoms. The van der Waals surface area contributed by atoms with Gasteiger partial charge in [-0.1, -0.05) is 26.8 Å². The zero-order valence-electron chi connectivity index (χ0n) is 19.4. The maximum absolute atomic E-state index is 12.9. The SMILES string of the molecule is C=CCN(C)C(=O)[C@@H](C)[C@@H]1CC[C@]2(C)Cc3sc(Nc4cccnc4)nc3[C@H](C)[C@@H]2[C@H]1O. The van der Waals surface area contributed by atoms with Gasteiger partial charge in [-0.3, -0.25) is 9.78 Å². The zero-order valence-corrected chi connectivity index (χ0v) is 20.2. The van der Waals surface area contributed by atoms with Crippen LogP contribution in [0.25, 0.3) is 0 Å². The quantitative estimate of drug-likeness (QED) is 0.623. The summed E-state index contributed by atoms with van der Waals surface area (Å²) in [5, 5.41) is 15.8. The van der Waals surface area contributed by atoms with Gasteiger partial charge in [-0.25, -0.2) is 4.98 Å². The predicted octanol–water partition coefficient (Wildman–Crippen LogP) is 4.62. The number of rotatable bonds is 6. The van der Waals surface area contributed by atoms with Crippen molar-refractivity contribution in [3.05, 3.63) is 47.8 Å². The van der Waals surface area contributed by atoms with Gasteiger partial charge in [-0.05, 0) is 48.6 Å². The Morgan fingerprint density at radius 2 is 2.31 bits per heavy atom. The number of carbonyl (C=O) groups is 1. The number of likely N-dealkylation sites (N-methyl/N-ethyl adjacent to an activating group) is 1. The molecule has 172 valence electrons. The first-order valence-electron chi connectivity index (χ1n) is 11.5. The standard InChI is InChI=1S/C25H34N4O2S/c1-6-12-29(5)23(31)15(2)18-9-10-25(4)13-19-21(16(3)20(25)22(18)30)28-24(32-19)27-17-8-7-11-26-14-17/h6-8,11,14-16,18,20,22,30H,1,9-10,12-13H2,2-5H3,(H,27,28)/t15-,16+,18-,20+,22-,25+/m0/s1. The summed E-state index contributed by atoms with van der Waals surface area (Å²) in [6, 6.07) is 3.88. The third-order valence-corrected chi connectivity index (χ3v) is 8.63. The Bertz CT molecular complexity index is 978. The normalized spacial score (nSPS) is 30.0.